The summed E-state index contributed by atoms with van der Waals surface area (Å²) >= 11 is 0. The van der Waals surface area contributed by atoms with Gasteiger partial charge in [-0.05, 0) is 32.6 Å². The van der Waals surface area contributed by atoms with E-state index in [2.05, 4.69) is 5.10 Å². The van der Waals surface area contributed by atoms with Crippen molar-refractivity contribution in [3.63, 3.8) is 0 Å². The van der Waals surface area contributed by atoms with Gasteiger partial charge in [0.2, 0.25) is 0 Å². The van der Waals surface area contributed by atoms with E-state index in [1.54, 1.807) is 18.1 Å². The van der Waals surface area contributed by atoms with Gasteiger partial charge in [-0.25, -0.2) is 0 Å². The summed E-state index contributed by atoms with van der Waals surface area (Å²) in [6.45, 7) is 2.40. The van der Waals surface area contributed by atoms with E-state index in [4.69, 9.17) is 0 Å². The highest BCUT2D eigenvalue weighted by Gasteiger charge is 2.34. The molecular weight excluding hydrogens is 278 g/mol. The van der Waals surface area contributed by atoms with Gasteiger partial charge >= 0.3 is 0 Å². The van der Waals surface area contributed by atoms with Gasteiger partial charge in [-0.1, -0.05) is 25.7 Å². The largest absolute Gasteiger partial charge is 0.388 e. The quantitative estimate of drug-likeness (QED) is 0.930. The first kappa shape index (κ1) is 15.5. The molecule has 3 rings (SSSR count). The van der Waals surface area contributed by atoms with Crippen LogP contribution in [-0.4, -0.2) is 44.9 Å². The third-order valence-corrected chi connectivity index (χ3v) is 5.36. The van der Waals surface area contributed by atoms with Crippen LogP contribution in [0.1, 0.15) is 73.5 Å². The molecule has 5 heteroatoms. The fourth-order valence-electron chi connectivity index (χ4n) is 4.06. The molecule has 0 atom stereocenters. The molecule has 1 amide bonds. The van der Waals surface area contributed by atoms with Gasteiger partial charge in [0, 0.05) is 19.3 Å². The average Bonchev–Trinajstić information content (AvgIpc) is 3.19. The second kappa shape index (κ2) is 6.03. The summed E-state index contributed by atoms with van der Waals surface area (Å²) < 4.78 is 2.03. The lowest BCUT2D eigenvalue weighted by Gasteiger charge is -2.28. The molecule has 0 aliphatic heterocycles. The van der Waals surface area contributed by atoms with Crippen LogP contribution in [0.4, 0.5) is 0 Å². The molecule has 0 spiro atoms. The molecule has 2 saturated carbocycles. The minimum Gasteiger partial charge on any atom is -0.388 e. The second-order valence-corrected chi connectivity index (χ2v) is 7.12. The molecule has 22 heavy (non-hydrogen) atoms. The SMILES string of the molecule is Cc1c(C(=O)N(C)CC2(O)CCCC2)cnn1C1CCCC1. The maximum Gasteiger partial charge on any atom is 0.257 e. The summed E-state index contributed by atoms with van der Waals surface area (Å²) in [5, 5.41) is 14.9. The van der Waals surface area contributed by atoms with Crippen LogP contribution in [0.5, 0.6) is 0 Å². The number of aromatic nitrogens is 2. The summed E-state index contributed by atoms with van der Waals surface area (Å²) in [7, 11) is 1.78. The van der Waals surface area contributed by atoms with Crippen LogP contribution in [0.25, 0.3) is 0 Å². The molecule has 0 saturated heterocycles. The fourth-order valence-corrected chi connectivity index (χ4v) is 4.06. The van der Waals surface area contributed by atoms with Gasteiger partial charge in [0.1, 0.15) is 0 Å². The summed E-state index contributed by atoms with van der Waals surface area (Å²) in [4.78, 5) is 14.3. The Bertz CT molecular complexity index is 540. The van der Waals surface area contributed by atoms with Crippen molar-refractivity contribution in [2.75, 3.05) is 13.6 Å². The third kappa shape index (κ3) is 2.91. The molecule has 0 aromatic carbocycles. The Hall–Kier alpha value is -1.36. The van der Waals surface area contributed by atoms with Crippen molar-refractivity contribution in [3.8, 4) is 0 Å². The predicted molar refractivity (Wildman–Crippen MR) is 84.8 cm³/mol. The summed E-state index contributed by atoms with van der Waals surface area (Å²) in [5.74, 6) is -0.0259. The number of carbonyl (C=O) groups is 1. The third-order valence-electron chi connectivity index (χ3n) is 5.36. The molecule has 2 aliphatic carbocycles. The minimum absolute atomic E-state index is 0.0259. The number of carbonyl (C=O) groups excluding carboxylic acids is 1. The highest BCUT2D eigenvalue weighted by Crippen LogP contribution is 2.32. The van der Waals surface area contributed by atoms with E-state index in [0.29, 0.717) is 18.2 Å². The zero-order valence-corrected chi connectivity index (χ0v) is 13.7. The number of likely N-dealkylation sites (N-methyl/N-ethyl adjacent to an activating group) is 1. The molecule has 1 aromatic heterocycles. The van der Waals surface area contributed by atoms with E-state index in [0.717, 1.165) is 44.2 Å². The van der Waals surface area contributed by atoms with Crippen LogP contribution in [0, 0.1) is 6.92 Å². The molecule has 2 fully saturated rings. The number of amides is 1. The lowest BCUT2D eigenvalue weighted by Crippen LogP contribution is -2.42. The van der Waals surface area contributed by atoms with Crippen molar-refractivity contribution in [1.82, 2.24) is 14.7 Å². The lowest BCUT2D eigenvalue weighted by atomic mass is 10.0. The minimum atomic E-state index is -0.695. The van der Waals surface area contributed by atoms with Crippen LogP contribution < -0.4 is 0 Å². The zero-order valence-electron chi connectivity index (χ0n) is 13.7. The van der Waals surface area contributed by atoms with Crippen molar-refractivity contribution in [2.45, 2.75) is 69.9 Å². The van der Waals surface area contributed by atoms with Crippen LogP contribution in [0.3, 0.4) is 0 Å². The van der Waals surface area contributed by atoms with Crippen molar-refractivity contribution in [2.24, 2.45) is 0 Å². The fraction of sp³-hybridized carbons (Fsp3) is 0.765. The first-order valence-corrected chi connectivity index (χ1v) is 8.52. The Morgan fingerprint density at radius 3 is 2.64 bits per heavy atom. The molecule has 1 heterocycles. The average molecular weight is 305 g/mol. The molecule has 5 nitrogen and oxygen atoms in total. The Kier molecular flexibility index (Phi) is 4.26. The van der Waals surface area contributed by atoms with E-state index in [9.17, 15) is 9.90 Å². The van der Waals surface area contributed by atoms with Crippen LogP contribution in [0.2, 0.25) is 0 Å². The Morgan fingerprint density at radius 1 is 1.36 bits per heavy atom. The number of hydrogen-bond donors (Lipinski definition) is 1. The Balaban J connectivity index is 1.71. The van der Waals surface area contributed by atoms with Crippen molar-refractivity contribution in [1.29, 1.82) is 0 Å². The number of rotatable bonds is 4. The summed E-state index contributed by atoms with van der Waals surface area (Å²) in [6, 6.07) is 0.450. The van der Waals surface area contributed by atoms with Gasteiger partial charge in [0.05, 0.1) is 23.4 Å². The van der Waals surface area contributed by atoms with E-state index >= 15 is 0 Å². The summed E-state index contributed by atoms with van der Waals surface area (Å²) in [6.07, 6.45) is 10.2. The highest BCUT2D eigenvalue weighted by atomic mass is 16.3. The zero-order chi connectivity index (χ0) is 15.7. The smallest absolute Gasteiger partial charge is 0.257 e. The van der Waals surface area contributed by atoms with Crippen LogP contribution >= 0.6 is 0 Å². The van der Waals surface area contributed by atoms with Gasteiger partial charge < -0.3 is 10.0 Å². The molecule has 0 unspecified atom stereocenters. The highest BCUT2D eigenvalue weighted by molar-refractivity contribution is 5.95. The van der Waals surface area contributed by atoms with Crippen molar-refractivity contribution < 1.29 is 9.90 Å². The Labute approximate surface area is 132 Å². The lowest BCUT2D eigenvalue weighted by molar-refractivity contribution is 0.0156. The first-order valence-electron chi connectivity index (χ1n) is 8.52. The van der Waals surface area contributed by atoms with E-state index in [1.807, 2.05) is 11.6 Å². The predicted octanol–water partition coefficient (Wildman–Crippen LogP) is 2.68. The van der Waals surface area contributed by atoms with E-state index < -0.39 is 5.60 Å². The number of aliphatic hydroxyl groups is 1. The Morgan fingerprint density at radius 2 is 2.00 bits per heavy atom. The van der Waals surface area contributed by atoms with Crippen LogP contribution in [-0.2, 0) is 0 Å². The van der Waals surface area contributed by atoms with Crippen molar-refractivity contribution >= 4 is 5.91 Å². The first-order chi connectivity index (χ1) is 10.5. The molecule has 2 aliphatic rings. The standard InChI is InChI=1S/C17H27N3O2/c1-13-15(11-18-20(13)14-7-3-4-8-14)16(21)19(2)12-17(22)9-5-6-10-17/h11,14,22H,3-10,12H2,1-2H3. The van der Waals surface area contributed by atoms with Gasteiger partial charge in [-0.3, -0.25) is 9.48 Å². The topological polar surface area (TPSA) is 58.4 Å². The normalized spacial score (nSPS) is 21.4. The summed E-state index contributed by atoms with van der Waals surface area (Å²) in [5.41, 5.74) is 0.943. The molecular formula is C17H27N3O2. The molecule has 1 aromatic rings. The molecule has 122 valence electrons. The van der Waals surface area contributed by atoms with Gasteiger partial charge in [-0.2, -0.15) is 5.10 Å². The number of hydrogen-bond acceptors (Lipinski definition) is 3. The van der Waals surface area contributed by atoms with Gasteiger partial charge in [0.15, 0.2) is 0 Å². The van der Waals surface area contributed by atoms with Gasteiger partial charge in [-0.15, -0.1) is 0 Å². The second-order valence-electron chi connectivity index (χ2n) is 7.12. The maximum absolute atomic E-state index is 12.7. The molecule has 0 bridgehead atoms. The van der Waals surface area contributed by atoms with Gasteiger partial charge in [0.25, 0.3) is 5.91 Å². The van der Waals surface area contributed by atoms with E-state index in [1.165, 1.54) is 12.8 Å². The number of nitrogens with zero attached hydrogens (tertiary/aromatic N) is 3. The van der Waals surface area contributed by atoms with Crippen molar-refractivity contribution in [3.05, 3.63) is 17.5 Å². The molecule has 0 radical (unpaired) electrons. The van der Waals surface area contributed by atoms with Crippen LogP contribution in [0.15, 0.2) is 6.20 Å². The van der Waals surface area contributed by atoms with E-state index in [-0.39, 0.29) is 5.91 Å². The maximum atomic E-state index is 12.7. The monoisotopic (exact) mass is 305 g/mol. The molecule has 1 N–H and O–H groups in total.